The minimum atomic E-state index is -0.486. The lowest BCUT2D eigenvalue weighted by Gasteiger charge is -2.13. The van der Waals surface area contributed by atoms with E-state index in [4.69, 9.17) is 0 Å². The van der Waals surface area contributed by atoms with Crippen molar-refractivity contribution in [3.63, 3.8) is 0 Å². The van der Waals surface area contributed by atoms with E-state index in [1.807, 2.05) is 0 Å². The summed E-state index contributed by atoms with van der Waals surface area (Å²) in [6.45, 7) is 1.39. The SMILES string of the molecule is CC(=O)Nc1ccc(N2C(=O)S/C(=C\c3ccc(O)c(O)c3)C2=O)cc1. The fourth-order valence-corrected chi connectivity index (χ4v) is 3.21. The zero-order valence-electron chi connectivity index (χ0n) is 13.6. The number of phenols is 2. The van der Waals surface area contributed by atoms with Gasteiger partial charge in [0.25, 0.3) is 11.1 Å². The normalized spacial score (nSPS) is 15.6. The van der Waals surface area contributed by atoms with Crippen molar-refractivity contribution in [1.82, 2.24) is 0 Å². The van der Waals surface area contributed by atoms with E-state index >= 15 is 0 Å². The van der Waals surface area contributed by atoms with E-state index in [0.29, 0.717) is 16.9 Å². The Labute approximate surface area is 152 Å². The molecule has 0 saturated carbocycles. The van der Waals surface area contributed by atoms with Crippen molar-refractivity contribution in [2.24, 2.45) is 0 Å². The van der Waals surface area contributed by atoms with Gasteiger partial charge in [-0.25, -0.2) is 4.90 Å². The summed E-state index contributed by atoms with van der Waals surface area (Å²) >= 11 is 0.781. The molecule has 0 unspecified atom stereocenters. The van der Waals surface area contributed by atoms with Crippen molar-refractivity contribution in [2.75, 3.05) is 10.2 Å². The zero-order valence-corrected chi connectivity index (χ0v) is 14.4. The molecule has 0 spiro atoms. The summed E-state index contributed by atoms with van der Waals surface area (Å²) in [5.41, 5.74) is 1.42. The van der Waals surface area contributed by atoms with E-state index in [1.165, 1.54) is 31.2 Å². The standard InChI is InChI=1S/C18H14N2O5S/c1-10(21)19-12-3-5-13(6-4-12)20-17(24)16(26-18(20)25)9-11-2-7-14(22)15(23)8-11/h2-9,22-23H,1H3,(H,19,21)/b16-9-. The fourth-order valence-electron chi connectivity index (χ4n) is 2.37. The number of hydrogen-bond acceptors (Lipinski definition) is 6. The van der Waals surface area contributed by atoms with Crippen molar-refractivity contribution in [3.05, 3.63) is 52.9 Å². The number of aromatic hydroxyl groups is 2. The number of thioether (sulfide) groups is 1. The summed E-state index contributed by atoms with van der Waals surface area (Å²) in [5.74, 6) is -1.29. The molecule has 1 aliphatic rings. The summed E-state index contributed by atoms with van der Waals surface area (Å²) in [7, 11) is 0. The highest BCUT2D eigenvalue weighted by molar-refractivity contribution is 8.19. The highest BCUT2D eigenvalue weighted by atomic mass is 32.2. The first-order chi connectivity index (χ1) is 12.3. The molecule has 0 aromatic heterocycles. The number of benzene rings is 2. The molecule has 1 aliphatic heterocycles. The van der Waals surface area contributed by atoms with Crippen LogP contribution in [0.1, 0.15) is 12.5 Å². The average Bonchev–Trinajstić information content (AvgIpc) is 2.85. The Morgan fingerprint density at radius 3 is 2.38 bits per heavy atom. The largest absolute Gasteiger partial charge is 0.504 e. The van der Waals surface area contributed by atoms with Crippen LogP contribution in [0, 0.1) is 0 Å². The van der Waals surface area contributed by atoms with E-state index in [9.17, 15) is 24.6 Å². The molecule has 7 nitrogen and oxygen atoms in total. The summed E-state index contributed by atoms with van der Waals surface area (Å²) in [5, 5.41) is 21.0. The number of nitrogens with zero attached hydrogens (tertiary/aromatic N) is 1. The third-order valence-electron chi connectivity index (χ3n) is 3.54. The number of hydrogen-bond donors (Lipinski definition) is 3. The van der Waals surface area contributed by atoms with Crippen LogP contribution in [0.2, 0.25) is 0 Å². The Morgan fingerprint density at radius 1 is 1.08 bits per heavy atom. The molecule has 2 aromatic carbocycles. The highest BCUT2D eigenvalue weighted by Crippen LogP contribution is 2.36. The van der Waals surface area contributed by atoms with Gasteiger partial charge >= 0.3 is 0 Å². The second-order valence-corrected chi connectivity index (χ2v) is 6.49. The molecule has 1 saturated heterocycles. The Hall–Kier alpha value is -3.26. The van der Waals surface area contributed by atoms with Crippen LogP contribution in [0.3, 0.4) is 0 Å². The van der Waals surface area contributed by atoms with Crippen LogP contribution in [0.4, 0.5) is 16.2 Å². The van der Waals surface area contributed by atoms with Crippen LogP contribution in [-0.4, -0.2) is 27.3 Å². The van der Waals surface area contributed by atoms with Gasteiger partial charge in [-0.05, 0) is 59.8 Å². The predicted octanol–water partition coefficient (Wildman–Crippen LogP) is 3.30. The van der Waals surface area contributed by atoms with E-state index < -0.39 is 11.1 Å². The molecule has 2 aromatic rings. The van der Waals surface area contributed by atoms with Gasteiger partial charge in [0.2, 0.25) is 5.91 Å². The average molecular weight is 370 g/mol. The van der Waals surface area contributed by atoms with Gasteiger partial charge in [-0.2, -0.15) is 0 Å². The lowest BCUT2D eigenvalue weighted by Crippen LogP contribution is -2.27. The summed E-state index contributed by atoms with van der Waals surface area (Å²) in [6, 6.07) is 10.4. The minimum absolute atomic E-state index is 0.200. The van der Waals surface area contributed by atoms with Gasteiger partial charge in [-0.3, -0.25) is 14.4 Å². The second kappa shape index (κ2) is 6.93. The van der Waals surface area contributed by atoms with Crippen LogP contribution >= 0.6 is 11.8 Å². The molecular weight excluding hydrogens is 356 g/mol. The van der Waals surface area contributed by atoms with E-state index in [0.717, 1.165) is 16.7 Å². The Balaban J connectivity index is 1.85. The van der Waals surface area contributed by atoms with Crippen molar-refractivity contribution in [1.29, 1.82) is 0 Å². The van der Waals surface area contributed by atoms with Gasteiger partial charge in [-0.1, -0.05) is 6.07 Å². The smallest absolute Gasteiger partial charge is 0.298 e. The van der Waals surface area contributed by atoms with Crippen molar-refractivity contribution < 1.29 is 24.6 Å². The van der Waals surface area contributed by atoms with Crippen molar-refractivity contribution >= 4 is 46.3 Å². The topological polar surface area (TPSA) is 107 Å². The number of nitrogens with one attached hydrogen (secondary N) is 1. The molecule has 8 heteroatoms. The Bertz CT molecular complexity index is 937. The number of carbonyl (C=O) groups excluding carboxylic acids is 3. The molecule has 26 heavy (non-hydrogen) atoms. The number of anilines is 2. The maximum Gasteiger partial charge on any atom is 0.298 e. The summed E-state index contributed by atoms with van der Waals surface area (Å²) < 4.78 is 0. The van der Waals surface area contributed by atoms with Gasteiger partial charge in [0.15, 0.2) is 11.5 Å². The van der Waals surface area contributed by atoms with Crippen LogP contribution < -0.4 is 10.2 Å². The molecule has 0 radical (unpaired) electrons. The minimum Gasteiger partial charge on any atom is -0.504 e. The maximum absolute atomic E-state index is 12.6. The molecular formula is C18H14N2O5S. The number of rotatable bonds is 3. The van der Waals surface area contributed by atoms with Gasteiger partial charge in [0.05, 0.1) is 10.6 Å². The van der Waals surface area contributed by atoms with E-state index in [-0.39, 0.29) is 22.3 Å². The maximum atomic E-state index is 12.6. The second-order valence-electron chi connectivity index (χ2n) is 5.49. The quantitative estimate of drug-likeness (QED) is 0.565. The van der Waals surface area contributed by atoms with Crippen molar-refractivity contribution in [2.45, 2.75) is 6.92 Å². The Morgan fingerprint density at radius 2 is 1.77 bits per heavy atom. The lowest BCUT2D eigenvalue weighted by molar-refractivity contribution is -0.114. The molecule has 1 fully saturated rings. The van der Waals surface area contributed by atoms with Crippen LogP contribution in [-0.2, 0) is 9.59 Å². The van der Waals surface area contributed by atoms with Gasteiger partial charge < -0.3 is 15.5 Å². The van der Waals surface area contributed by atoms with Crippen LogP contribution in [0.25, 0.3) is 6.08 Å². The first kappa shape index (κ1) is 17.6. The van der Waals surface area contributed by atoms with Crippen LogP contribution in [0.5, 0.6) is 11.5 Å². The van der Waals surface area contributed by atoms with Gasteiger partial charge in [0, 0.05) is 12.6 Å². The summed E-state index contributed by atoms with van der Waals surface area (Å²) in [4.78, 5) is 37.1. The molecule has 3 amide bonds. The highest BCUT2D eigenvalue weighted by Gasteiger charge is 2.36. The number of carbonyl (C=O) groups is 3. The number of phenolic OH excluding ortho intramolecular Hbond substituents is 2. The lowest BCUT2D eigenvalue weighted by atomic mass is 10.2. The molecule has 3 rings (SSSR count). The van der Waals surface area contributed by atoms with Crippen molar-refractivity contribution in [3.8, 4) is 11.5 Å². The van der Waals surface area contributed by atoms with E-state index in [2.05, 4.69) is 5.32 Å². The van der Waals surface area contributed by atoms with Gasteiger partial charge in [0.1, 0.15) is 0 Å². The molecule has 3 N–H and O–H groups in total. The Kier molecular flexibility index (Phi) is 4.68. The first-order valence-corrected chi connectivity index (χ1v) is 8.34. The zero-order chi connectivity index (χ0) is 18.8. The molecule has 132 valence electrons. The number of imide groups is 1. The predicted molar refractivity (Wildman–Crippen MR) is 99.0 cm³/mol. The number of amides is 3. The molecule has 0 bridgehead atoms. The molecule has 0 atom stereocenters. The first-order valence-electron chi connectivity index (χ1n) is 7.53. The van der Waals surface area contributed by atoms with Gasteiger partial charge in [-0.15, -0.1) is 0 Å². The third-order valence-corrected chi connectivity index (χ3v) is 4.41. The monoisotopic (exact) mass is 370 g/mol. The van der Waals surface area contributed by atoms with Crippen LogP contribution in [0.15, 0.2) is 47.4 Å². The van der Waals surface area contributed by atoms with E-state index in [1.54, 1.807) is 24.3 Å². The molecule has 0 aliphatic carbocycles. The third kappa shape index (κ3) is 3.55. The summed E-state index contributed by atoms with van der Waals surface area (Å²) in [6.07, 6.45) is 1.47. The fraction of sp³-hybridized carbons (Fsp3) is 0.0556. The molecule has 1 heterocycles.